The molecule has 1 aliphatic heterocycles. The molecule has 100 valence electrons. The first kappa shape index (κ1) is 14.5. The number of rotatable bonds is 7. The fraction of sp³-hybridized carbons (Fsp3) is 0.929. The molecular weight excluding hydrogens is 212 g/mol. The maximum absolute atomic E-state index is 12.0. The fourth-order valence-corrected chi connectivity index (χ4v) is 2.51. The summed E-state index contributed by atoms with van der Waals surface area (Å²) in [7, 11) is 0. The molecule has 17 heavy (non-hydrogen) atoms. The standard InChI is InChI=1S/C14H28N2O/c1-4-6-8-12(5-2)13(17)15-11-14(3)9-7-10-16-14/h12,16H,4-11H2,1-3H3,(H,15,17). The van der Waals surface area contributed by atoms with Crippen LogP contribution >= 0.6 is 0 Å². The number of hydrogen-bond acceptors (Lipinski definition) is 2. The van der Waals surface area contributed by atoms with Crippen LogP contribution in [0.4, 0.5) is 0 Å². The molecule has 1 aliphatic rings. The predicted molar refractivity (Wildman–Crippen MR) is 72.0 cm³/mol. The van der Waals surface area contributed by atoms with E-state index in [1.54, 1.807) is 0 Å². The molecule has 2 unspecified atom stereocenters. The van der Waals surface area contributed by atoms with Crippen molar-refractivity contribution < 1.29 is 4.79 Å². The normalized spacial score (nSPS) is 25.8. The summed E-state index contributed by atoms with van der Waals surface area (Å²) in [6.45, 7) is 8.34. The monoisotopic (exact) mass is 240 g/mol. The number of amides is 1. The van der Waals surface area contributed by atoms with Crippen LogP contribution in [0.25, 0.3) is 0 Å². The van der Waals surface area contributed by atoms with Gasteiger partial charge in [-0.25, -0.2) is 0 Å². The first-order valence-electron chi connectivity index (χ1n) is 7.14. The number of hydrogen-bond donors (Lipinski definition) is 2. The van der Waals surface area contributed by atoms with E-state index in [-0.39, 0.29) is 17.4 Å². The molecule has 2 atom stereocenters. The smallest absolute Gasteiger partial charge is 0.223 e. The van der Waals surface area contributed by atoms with Crippen molar-refractivity contribution in [3.05, 3.63) is 0 Å². The van der Waals surface area contributed by atoms with Crippen LogP contribution in [0.3, 0.4) is 0 Å². The number of carbonyl (C=O) groups excluding carboxylic acids is 1. The summed E-state index contributed by atoms with van der Waals surface area (Å²) >= 11 is 0. The van der Waals surface area contributed by atoms with E-state index in [4.69, 9.17) is 0 Å². The Morgan fingerprint density at radius 3 is 2.76 bits per heavy atom. The van der Waals surface area contributed by atoms with Crippen LogP contribution in [-0.2, 0) is 4.79 Å². The van der Waals surface area contributed by atoms with Gasteiger partial charge >= 0.3 is 0 Å². The average molecular weight is 240 g/mol. The van der Waals surface area contributed by atoms with Gasteiger partial charge in [-0.3, -0.25) is 4.79 Å². The quantitative estimate of drug-likeness (QED) is 0.718. The van der Waals surface area contributed by atoms with Crippen molar-refractivity contribution in [1.82, 2.24) is 10.6 Å². The first-order valence-corrected chi connectivity index (χ1v) is 7.14. The molecule has 0 spiro atoms. The van der Waals surface area contributed by atoms with Gasteiger partial charge in [0.1, 0.15) is 0 Å². The van der Waals surface area contributed by atoms with Crippen molar-refractivity contribution in [2.75, 3.05) is 13.1 Å². The van der Waals surface area contributed by atoms with Gasteiger partial charge in [-0.1, -0.05) is 26.7 Å². The van der Waals surface area contributed by atoms with Crippen molar-refractivity contribution >= 4 is 5.91 Å². The minimum atomic E-state index is 0.124. The topological polar surface area (TPSA) is 41.1 Å². The van der Waals surface area contributed by atoms with Crippen LogP contribution in [-0.4, -0.2) is 24.5 Å². The van der Waals surface area contributed by atoms with Gasteiger partial charge in [0.25, 0.3) is 0 Å². The Labute approximate surface area is 106 Å². The van der Waals surface area contributed by atoms with Gasteiger partial charge in [-0.05, 0) is 39.2 Å². The van der Waals surface area contributed by atoms with Crippen molar-refractivity contribution in [2.45, 2.75) is 64.8 Å². The highest BCUT2D eigenvalue weighted by Gasteiger charge is 2.29. The summed E-state index contributed by atoms with van der Waals surface area (Å²) in [6.07, 6.45) is 6.70. The van der Waals surface area contributed by atoms with E-state index in [9.17, 15) is 4.79 Å². The van der Waals surface area contributed by atoms with Gasteiger partial charge in [0.15, 0.2) is 0 Å². The lowest BCUT2D eigenvalue weighted by Crippen LogP contribution is -2.48. The van der Waals surface area contributed by atoms with Gasteiger partial charge in [0.05, 0.1) is 0 Å². The van der Waals surface area contributed by atoms with Crippen LogP contribution in [0, 0.1) is 5.92 Å². The molecule has 1 heterocycles. The summed E-state index contributed by atoms with van der Waals surface area (Å²) < 4.78 is 0. The lowest BCUT2D eigenvalue weighted by molar-refractivity contribution is -0.125. The molecule has 0 aliphatic carbocycles. The second-order valence-electron chi connectivity index (χ2n) is 5.56. The summed E-state index contributed by atoms with van der Waals surface area (Å²) in [5, 5.41) is 6.60. The molecule has 1 fully saturated rings. The van der Waals surface area contributed by atoms with E-state index in [0.29, 0.717) is 0 Å². The predicted octanol–water partition coefficient (Wildman–Crippen LogP) is 2.46. The highest BCUT2D eigenvalue weighted by Crippen LogP contribution is 2.18. The molecule has 0 aromatic rings. The van der Waals surface area contributed by atoms with Gasteiger partial charge < -0.3 is 10.6 Å². The molecule has 0 aromatic heterocycles. The molecule has 0 radical (unpaired) electrons. The zero-order valence-electron chi connectivity index (χ0n) is 11.6. The lowest BCUT2D eigenvalue weighted by atomic mass is 9.96. The third-order valence-electron chi connectivity index (χ3n) is 3.88. The first-order chi connectivity index (χ1) is 8.11. The van der Waals surface area contributed by atoms with Gasteiger partial charge in [-0.2, -0.15) is 0 Å². The summed E-state index contributed by atoms with van der Waals surface area (Å²) in [5.74, 6) is 0.454. The molecule has 0 bridgehead atoms. The number of unbranched alkanes of at least 4 members (excludes halogenated alkanes) is 1. The average Bonchev–Trinajstić information content (AvgIpc) is 2.75. The van der Waals surface area contributed by atoms with Crippen LogP contribution in [0.2, 0.25) is 0 Å². The molecule has 3 heteroatoms. The van der Waals surface area contributed by atoms with E-state index in [1.165, 1.54) is 19.3 Å². The van der Waals surface area contributed by atoms with E-state index in [0.717, 1.165) is 32.4 Å². The third-order valence-corrected chi connectivity index (χ3v) is 3.88. The molecule has 0 aromatic carbocycles. The van der Waals surface area contributed by atoms with Crippen LogP contribution in [0.15, 0.2) is 0 Å². The zero-order chi connectivity index (χ0) is 12.7. The van der Waals surface area contributed by atoms with E-state index >= 15 is 0 Å². The Balaban J connectivity index is 2.31. The SMILES string of the molecule is CCCCC(CC)C(=O)NCC1(C)CCCN1. The minimum absolute atomic E-state index is 0.124. The fourth-order valence-electron chi connectivity index (χ4n) is 2.51. The molecule has 0 saturated carbocycles. The Hall–Kier alpha value is -0.570. The highest BCUT2D eigenvalue weighted by atomic mass is 16.1. The number of carbonyl (C=O) groups is 1. The Morgan fingerprint density at radius 2 is 2.24 bits per heavy atom. The van der Waals surface area contributed by atoms with E-state index in [2.05, 4.69) is 31.4 Å². The van der Waals surface area contributed by atoms with E-state index < -0.39 is 0 Å². The van der Waals surface area contributed by atoms with Gasteiger partial charge in [-0.15, -0.1) is 0 Å². The van der Waals surface area contributed by atoms with Gasteiger partial charge in [0, 0.05) is 18.0 Å². The van der Waals surface area contributed by atoms with Crippen LogP contribution in [0.1, 0.15) is 59.3 Å². The van der Waals surface area contributed by atoms with Crippen molar-refractivity contribution in [3.8, 4) is 0 Å². The highest BCUT2D eigenvalue weighted by molar-refractivity contribution is 5.78. The lowest BCUT2D eigenvalue weighted by Gasteiger charge is -2.26. The molecule has 3 nitrogen and oxygen atoms in total. The maximum Gasteiger partial charge on any atom is 0.223 e. The molecule has 2 N–H and O–H groups in total. The minimum Gasteiger partial charge on any atom is -0.354 e. The second kappa shape index (κ2) is 7.00. The molecule has 1 saturated heterocycles. The summed E-state index contributed by atoms with van der Waals surface area (Å²) in [6, 6.07) is 0. The largest absolute Gasteiger partial charge is 0.354 e. The van der Waals surface area contributed by atoms with Gasteiger partial charge in [0.2, 0.25) is 5.91 Å². The Kier molecular flexibility index (Phi) is 5.96. The van der Waals surface area contributed by atoms with Crippen molar-refractivity contribution in [2.24, 2.45) is 5.92 Å². The van der Waals surface area contributed by atoms with E-state index in [1.807, 2.05) is 0 Å². The summed E-state index contributed by atoms with van der Waals surface area (Å²) in [5.41, 5.74) is 0.124. The Morgan fingerprint density at radius 1 is 1.47 bits per heavy atom. The zero-order valence-corrected chi connectivity index (χ0v) is 11.6. The number of nitrogens with one attached hydrogen (secondary N) is 2. The van der Waals surface area contributed by atoms with Crippen LogP contribution in [0.5, 0.6) is 0 Å². The molecule has 1 rings (SSSR count). The third kappa shape index (κ3) is 4.66. The molecular formula is C14H28N2O. The van der Waals surface area contributed by atoms with Crippen LogP contribution < -0.4 is 10.6 Å². The maximum atomic E-state index is 12.0. The van der Waals surface area contributed by atoms with Crippen molar-refractivity contribution in [3.63, 3.8) is 0 Å². The van der Waals surface area contributed by atoms with Crippen molar-refractivity contribution in [1.29, 1.82) is 0 Å². The Bertz CT molecular complexity index is 234. The summed E-state index contributed by atoms with van der Waals surface area (Å²) in [4.78, 5) is 12.0. The molecule has 1 amide bonds. The second-order valence-corrected chi connectivity index (χ2v) is 5.56.